The molecular formula is C13H20F3NO3. The van der Waals surface area contributed by atoms with Gasteiger partial charge in [-0.15, -0.1) is 0 Å². The second kappa shape index (κ2) is 5.61. The van der Waals surface area contributed by atoms with E-state index in [1.165, 1.54) is 0 Å². The van der Waals surface area contributed by atoms with Crippen LogP contribution >= 0.6 is 0 Å². The molecule has 1 rings (SSSR count). The molecule has 0 aromatic heterocycles. The van der Waals surface area contributed by atoms with Crippen molar-refractivity contribution in [3.63, 3.8) is 0 Å². The van der Waals surface area contributed by atoms with Gasteiger partial charge in [-0.3, -0.25) is 9.59 Å². The van der Waals surface area contributed by atoms with E-state index in [0.717, 1.165) is 0 Å². The SMILES string of the molecule is CC(C)(C)CC(NC(=O)C1CCC1C(=O)O)C(F)(F)F. The lowest BCUT2D eigenvalue weighted by molar-refractivity contribution is -0.171. The quantitative estimate of drug-likeness (QED) is 0.837. The summed E-state index contributed by atoms with van der Waals surface area (Å²) >= 11 is 0. The van der Waals surface area contributed by atoms with Gasteiger partial charge in [0.15, 0.2) is 0 Å². The molecule has 1 aliphatic rings. The molecular weight excluding hydrogens is 275 g/mol. The molecule has 1 aliphatic carbocycles. The molecule has 7 heteroatoms. The Hall–Kier alpha value is -1.27. The molecule has 0 saturated heterocycles. The summed E-state index contributed by atoms with van der Waals surface area (Å²) in [5.74, 6) is -3.65. The number of carboxylic acid groups (broad SMARTS) is 1. The number of carbonyl (C=O) groups excluding carboxylic acids is 1. The molecule has 0 aromatic rings. The molecule has 20 heavy (non-hydrogen) atoms. The highest BCUT2D eigenvalue weighted by Gasteiger charge is 2.46. The van der Waals surface area contributed by atoms with E-state index in [-0.39, 0.29) is 6.42 Å². The van der Waals surface area contributed by atoms with Crippen LogP contribution in [-0.2, 0) is 9.59 Å². The number of nitrogens with one attached hydrogen (secondary N) is 1. The fourth-order valence-electron chi connectivity index (χ4n) is 2.25. The first kappa shape index (κ1) is 16.8. The number of halogens is 3. The average molecular weight is 295 g/mol. The standard InChI is InChI=1S/C13H20F3NO3/c1-12(2,3)6-9(13(14,15)16)17-10(18)7-4-5-8(7)11(19)20/h7-9H,4-6H2,1-3H3,(H,17,18)(H,19,20). The zero-order valence-electron chi connectivity index (χ0n) is 11.8. The lowest BCUT2D eigenvalue weighted by atomic mass is 9.73. The molecule has 0 heterocycles. The molecule has 0 radical (unpaired) electrons. The zero-order valence-corrected chi connectivity index (χ0v) is 11.8. The predicted octanol–water partition coefficient (Wildman–Crippen LogP) is 2.58. The van der Waals surface area contributed by atoms with Crippen molar-refractivity contribution in [1.29, 1.82) is 0 Å². The van der Waals surface area contributed by atoms with Gasteiger partial charge in [-0.25, -0.2) is 0 Å². The van der Waals surface area contributed by atoms with Crippen LogP contribution in [0.25, 0.3) is 0 Å². The van der Waals surface area contributed by atoms with Crippen LogP contribution in [0.3, 0.4) is 0 Å². The van der Waals surface area contributed by atoms with Crippen LogP contribution in [0.4, 0.5) is 13.2 Å². The van der Waals surface area contributed by atoms with Crippen molar-refractivity contribution in [2.45, 2.75) is 52.3 Å². The Morgan fingerprint density at radius 3 is 2.00 bits per heavy atom. The van der Waals surface area contributed by atoms with Gasteiger partial charge in [0.25, 0.3) is 0 Å². The Bertz CT molecular complexity index is 387. The zero-order chi connectivity index (χ0) is 15.7. The lowest BCUT2D eigenvalue weighted by Crippen LogP contribution is -2.52. The van der Waals surface area contributed by atoms with E-state index >= 15 is 0 Å². The van der Waals surface area contributed by atoms with Crippen LogP contribution in [0.1, 0.15) is 40.0 Å². The van der Waals surface area contributed by atoms with Gasteiger partial charge in [0, 0.05) is 0 Å². The fraction of sp³-hybridized carbons (Fsp3) is 0.846. The summed E-state index contributed by atoms with van der Waals surface area (Å²) in [4.78, 5) is 22.6. The first-order chi connectivity index (χ1) is 8.92. The van der Waals surface area contributed by atoms with Crippen molar-refractivity contribution in [2.75, 3.05) is 0 Å². The molecule has 1 fully saturated rings. The largest absolute Gasteiger partial charge is 0.481 e. The second-order valence-electron chi connectivity index (χ2n) is 6.50. The first-order valence-corrected chi connectivity index (χ1v) is 6.52. The summed E-state index contributed by atoms with van der Waals surface area (Å²) in [6.07, 6.45) is -4.12. The van der Waals surface area contributed by atoms with Crippen LogP contribution in [0.15, 0.2) is 0 Å². The Labute approximate surface area is 115 Å². The summed E-state index contributed by atoms with van der Waals surface area (Å²) in [7, 11) is 0. The van der Waals surface area contributed by atoms with Crippen molar-refractivity contribution >= 4 is 11.9 Å². The summed E-state index contributed by atoms with van der Waals surface area (Å²) in [5.41, 5.74) is -0.598. The van der Waals surface area contributed by atoms with Crippen molar-refractivity contribution < 1.29 is 27.9 Å². The number of aliphatic carboxylic acids is 1. The van der Waals surface area contributed by atoms with Gasteiger partial charge in [0.05, 0.1) is 11.8 Å². The third-order valence-corrected chi connectivity index (χ3v) is 3.46. The van der Waals surface area contributed by atoms with Gasteiger partial charge in [-0.05, 0) is 24.7 Å². The topological polar surface area (TPSA) is 66.4 Å². The van der Waals surface area contributed by atoms with Crippen LogP contribution in [0.5, 0.6) is 0 Å². The van der Waals surface area contributed by atoms with Gasteiger partial charge in [-0.2, -0.15) is 13.2 Å². The molecule has 3 unspecified atom stereocenters. The van der Waals surface area contributed by atoms with E-state index < -0.39 is 41.3 Å². The van der Waals surface area contributed by atoms with Gasteiger partial charge < -0.3 is 10.4 Å². The molecule has 1 amide bonds. The normalized spacial score (nSPS) is 24.7. The van der Waals surface area contributed by atoms with Gasteiger partial charge in [0.1, 0.15) is 6.04 Å². The number of carbonyl (C=O) groups is 2. The Kier molecular flexibility index (Phi) is 4.71. The average Bonchev–Trinajstić information content (AvgIpc) is 2.09. The summed E-state index contributed by atoms with van der Waals surface area (Å²) in [6, 6.07) is -1.94. The predicted molar refractivity (Wildman–Crippen MR) is 65.9 cm³/mol. The van der Waals surface area contributed by atoms with E-state index in [2.05, 4.69) is 0 Å². The van der Waals surface area contributed by atoms with Gasteiger partial charge in [0.2, 0.25) is 5.91 Å². The molecule has 1 saturated carbocycles. The number of hydrogen-bond donors (Lipinski definition) is 2. The third kappa shape index (κ3) is 4.38. The minimum absolute atomic E-state index is 0.243. The summed E-state index contributed by atoms with van der Waals surface area (Å²) in [6.45, 7) is 4.96. The summed E-state index contributed by atoms with van der Waals surface area (Å²) in [5, 5.41) is 10.8. The van der Waals surface area contributed by atoms with Crippen molar-refractivity contribution in [1.82, 2.24) is 5.32 Å². The molecule has 2 N–H and O–H groups in total. The lowest BCUT2D eigenvalue weighted by Gasteiger charge is -2.35. The maximum Gasteiger partial charge on any atom is 0.408 e. The molecule has 116 valence electrons. The number of alkyl halides is 3. The van der Waals surface area contributed by atoms with Crippen LogP contribution in [0, 0.1) is 17.3 Å². The minimum atomic E-state index is -4.54. The van der Waals surface area contributed by atoms with E-state index in [1.807, 2.05) is 5.32 Å². The van der Waals surface area contributed by atoms with Crippen molar-refractivity contribution in [3.8, 4) is 0 Å². The van der Waals surface area contributed by atoms with Crippen molar-refractivity contribution in [3.05, 3.63) is 0 Å². The third-order valence-electron chi connectivity index (χ3n) is 3.46. The highest BCUT2D eigenvalue weighted by atomic mass is 19.4. The number of hydrogen-bond acceptors (Lipinski definition) is 2. The van der Waals surface area contributed by atoms with Crippen LogP contribution in [-0.4, -0.2) is 29.2 Å². The van der Waals surface area contributed by atoms with E-state index in [1.54, 1.807) is 20.8 Å². The molecule has 0 bridgehead atoms. The maximum absolute atomic E-state index is 12.9. The number of amides is 1. The van der Waals surface area contributed by atoms with E-state index in [9.17, 15) is 22.8 Å². The number of carboxylic acids is 1. The van der Waals surface area contributed by atoms with Gasteiger partial charge in [-0.1, -0.05) is 20.8 Å². The van der Waals surface area contributed by atoms with E-state index in [4.69, 9.17) is 5.11 Å². The highest BCUT2D eigenvalue weighted by Crippen LogP contribution is 2.36. The fourth-order valence-corrected chi connectivity index (χ4v) is 2.25. The monoisotopic (exact) mass is 295 g/mol. The summed E-state index contributed by atoms with van der Waals surface area (Å²) < 4.78 is 38.8. The number of rotatable bonds is 4. The van der Waals surface area contributed by atoms with Crippen LogP contribution in [0.2, 0.25) is 0 Å². The molecule has 0 aromatic carbocycles. The van der Waals surface area contributed by atoms with Crippen molar-refractivity contribution in [2.24, 2.45) is 17.3 Å². The van der Waals surface area contributed by atoms with E-state index in [0.29, 0.717) is 12.8 Å². The molecule has 3 atom stereocenters. The maximum atomic E-state index is 12.9. The van der Waals surface area contributed by atoms with Gasteiger partial charge >= 0.3 is 12.1 Å². The molecule has 0 aliphatic heterocycles. The first-order valence-electron chi connectivity index (χ1n) is 6.52. The molecule has 4 nitrogen and oxygen atoms in total. The Morgan fingerprint density at radius 2 is 1.70 bits per heavy atom. The highest BCUT2D eigenvalue weighted by molar-refractivity contribution is 5.86. The smallest absolute Gasteiger partial charge is 0.408 e. The Morgan fingerprint density at radius 1 is 1.20 bits per heavy atom. The van der Waals surface area contributed by atoms with Crippen LogP contribution < -0.4 is 5.32 Å². The minimum Gasteiger partial charge on any atom is -0.481 e. The Balaban J connectivity index is 2.71. The molecule has 0 spiro atoms. The second-order valence-corrected chi connectivity index (χ2v) is 6.50.